The van der Waals surface area contributed by atoms with E-state index in [1.165, 1.54) is 67.3 Å². The predicted molar refractivity (Wildman–Crippen MR) is 325 cm³/mol. The number of hydrogen-bond acceptors (Lipinski definition) is 6. The van der Waals surface area contributed by atoms with Crippen molar-refractivity contribution >= 4 is 51.1 Å². The molecule has 0 amide bonds. The molecule has 10 heteroatoms. The van der Waals surface area contributed by atoms with Gasteiger partial charge in [0, 0.05) is 0 Å². The fourth-order valence-electron chi connectivity index (χ4n) is 13.2. The van der Waals surface area contributed by atoms with Crippen LogP contribution >= 0.6 is 0 Å². The Morgan fingerprint density at radius 1 is 0.316 bits per heavy atom. The summed E-state index contributed by atoms with van der Waals surface area (Å²) in [5.74, 6) is 3.63. The van der Waals surface area contributed by atoms with Gasteiger partial charge in [0.15, 0.2) is 0 Å². The zero-order valence-corrected chi connectivity index (χ0v) is 51.8. The van der Waals surface area contributed by atoms with E-state index in [9.17, 15) is 8.23 Å². The molecule has 6 aromatic carbocycles. The first kappa shape index (κ1) is 55.3. The van der Waals surface area contributed by atoms with Gasteiger partial charge in [0.2, 0.25) is 0 Å². The number of benzene rings is 6. The van der Waals surface area contributed by atoms with E-state index in [0.717, 1.165) is 22.8 Å². The molecule has 404 valence electrons. The summed E-state index contributed by atoms with van der Waals surface area (Å²) in [6.45, 7) is 37.5. The quantitative estimate of drug-likeness (QED) is 0.0899. The Balaban J connectivity index is 1.61. The molecule has 76 heavy (non-hydrogen) atoms. The van der Waals surface area contributed by atoms with E-state index in [-0.39, 0.29) is 47.3 Å². The van der Waals surface area contributed by atoms with Crippen LogP contribution in [0.1, 0.15) is 214 Å². The summed E-state index contributed by atoms with van der Waals surface area (Å²) in [5, 5.41) is 0. The first-order valence-corrected chi connectivity index (χ1v) is 32.9. The Hall–Kier alpha value is -5.47. The van der Waals surface area contributed by atoms with Gasteiger partial charge in [-0.25, -0.2) is 0 Å². The summed E-state index contributed by atoms with van der Waals surface area (Å²) in [7, 11) is -1.44. The molecular weight excluding hydrogens is 965 g/mol. The fraction of sp³-hybridized carbons (Fsp3) is 0.424. The number of rotatable bonds is 16. The predicted octanol–water partition coefficient (Wildman–Crippen LogP) is 16.5. The van der Waals surface area contributed by atoms with Crippen LogP contribution in [0.5, 0.6) is 0 Å². The molecular formula is C66H90N6O2Si2. The molecule has 3 aliphatic rings. The molecule has 0 N–H and O–H groups in total. The molecule has 0 unspecified atom stereocenters. The van der Waals surface area contributed by atoms with E-state index in [1.807, 2.05) is 0 Å². The summed E-state index contributed by atoms with van der Waals surface area (Å²) < 4.78 is 34.6. The molecule has 2 spiro atoms. The molecule has 0 aromatic heterocycles. The van der Waals surface area contributed by atoms with Crippen LogP contribution in [0.2, 0.25) is 0 Å². The topological polar surface area (TPSA) is 37.4 Å². The maximum atomic E-state index is 9.53. The molecule has 9 rings (SSSR count). The third kappa shape index (κ3) is 7.62. The average molecular weight is 1060 g/mol. The number of anilines is 2. The monoisotopic (exact) mass is 1050 g/mol. The van der Waals surface area contributed by atoms with Crippen LogP contribution in [-0.4, -0.2) is 74.1 Å². The van der Waals surface area contributed by atoms with Crippen LogP contribution < -0.4 is 9.13 Å². The third-order valence-corrected chi connectivity index (χ3v) is 30.5. The van der Waals surface area contributed by atoms with Gasteiger partial charge in [0.25, 0.3) is 0 Å². The van der Waals surface area contributed by atoms with Crippen LogP contribution in [0, 0.1) is 0 Å². The van der Waals surface area contributed by atoms with Gasteiger partial charge < -0.3 is 0 Å². The Kier molecular flexibility index (Phi) is 14.4. The number of amidine groups is 2. The molecule has 6 aromatic rings. The van der Waals surface area contributed by atoms with Crippen molar-refractivity contribution < 1.29 is 16.7 Å². The second-order valence-electron chi connectivity index (χ2n) is 25.0. The third-order valence-electron chi connectivity index (χ3n) is 17.0. The van der Waals surface area contributed by atoms with E-state index in [4.69, 9.17) is 0 Å². The van der Waals surface area contributed by atoms with Gasteiger partial charge in [-0.05, 0) is 0 Å². The van der Waals surface area contributed by atoms with Gasteiger partial charge >= 0.3 is 461 Å². The number of nitrogens with zero attached hydrogens (tertiary/aromatic N) is 6. The Morgan fingerprint density at radius 3 is 0.750 bits per heavy atom. The summed E-state index contributed by atoms with van der Waals surface area (Å²) in [6.07, 6.45) is 0. The van der Waals surface area contributed by atoms with E-state index in [1.54, 1.807) is 0 Å². The van der Waals surface area contributed by atoms with Crippen molar-refractivity contribution in [2.45, 2.75) is 158 Å². The molecule has 8 nitrogen and oxygen atoms in total. The molecule has 3 heterocycles. The van der Waals surface area contributed by atoms with E-state index >= 15 is 0 Å². The van der Waals surface area contributed by atoms with Gasteiger partial charge in [0.05, 0.1) is 0 Å². The van der Waals surface area contributed by atoms with Crippen molar-refractivity contribution in [3.63, 3.8) is 0 Å². The summed E-state index contributed by atoms with van der Waals surface area (Å²) in [4.78, 5) is 0. The summed E-state index contributed by atoms with van der Waals surface area (Å²) >= 11 is 0. The van der Waals surface area contributed by atoms with Crippen molar-refractivity contribution in [1.29, 1.82) is 0 Å². The van der Waals surface area contributed by atoms with Crippen LogP contribution in [-0.2, 0) is 8.23 Å². The molecule has 0 aliphatic carbocycles. The van der Waals surface area contributed by atoms with Crippen molar-refractivity contribution in [2.24, 2.45) is 0 Å². The van der Waals surface area contributed by atoms with Gasteiger partial charge in [-0.3, -0.25) is 0 Å². The molecule has 0 atom stereocenters. The zero-order chi connectivity index (χ0) is 55.2. The van der Waals surface area contributed by atoms with Gasteiger partial charge in [-0.2, -0.15) is 0 Å². The minimum absolute atomic E-state index is 0.185. The van der Waals surface area contributed by atoms with Crippen LogP contribution in [0.15, 0.2) is 133 Å². The van der Waals surface area contributed by atoms with Crippen molar-refractivity contribution in [3.8, 4) is 0 Å². The van der Waals surface area contributed by atoms with E-state index < -0.39 is 16.6 Å². The van der Waals surface area contributed by atoms with Crippen molar-refractivity contribution in [2.75, 3.05) is 37.3 Å². The van der Waals surface area contributed by atoms with E-state index in [0.29, 0.717) is 0 Å². The number of para-hydroxylation sites is 4. The molecule has 0 saturated carbocycles. The second kappa shape index (κ2) is 19.8. The van der Waals surface area contributed by atoms with Crippen LogP contribution in [0.25, 0.3) is 0 Å². The molecule has 0 bridgehead atoms. The zero-order valence-electron chi connectivity index (χ0n) is 49.8. The first-order chi connectivity index (χ1) is 35.9. The summed E-state index contributed by atoms with van der Waals surface area (Å²) in [5.41, 5.74) is 17.1. The Morgan fingerprint density at radius 2 is 0.539 bits per heavy atom. The first-order valence-electron chi connectivity index (χ1n) is 28.6. The molecule has 0 radical (unpaired) electrons. The summed E-state index contributed by atoms with van der Waals surface area (Å²) in [6, 6.07) is 50.1. The molecule has 1 saturated heterocycles. The standard InChI is InChI=1S/C66H90N6O2Si2/c1-43(2)53-35-27-36-54(44(3)4)61(53)69-65(51-31-23-21-24-32-51)70(62-55(45(5)6)37-28-38-56(62)46(7)8)75(69,67(17)18)73-76(74-75,68(19)20)71(63-57(47(9)10)39-29-40-58(63)48(11)12)66(52-33-25-22-26-34-52)72(76)64-59(49(13)14)41-30-42-60(64)50(15)16/h21-50H,1-20H3. The minimum atomic E-state index is -5.22. The van der Waals surface area contributed by atoms with Crippen molar-refractivity contribution in [3.05, 3.63) is 189 Å². The number of hydrogen-bond donors (Lipinski definition) is 0. The van der Waals surface area contributed by atoms with Crippen LogP contribution in [0.4, 0.5) is 22.7 Å². The maximum absolute atomic E-state index is 9.53. The van der Waals surface area contributed by atoms with Crippen molar-refractivity contribution in [1.82, 2.24) is 9.13 Å². The normalized spacial score (nSPS) is 18.7. The molecule has 1 fully saturated rings. The fourth-order valence-corrected chi connectivity index (χ4v) is 30.7. The molecule has 3 aliphatic heterocycles. The Bertz CT molecular complexity index is 2920. The second-order valence-corrected chi connectivity index (χ2v) is 33.9. The Labute approximate surface area is 459 Å². The SMILES string of the molecule is CC(C)c1cccc(C(C)C)c1N1C(c2ccccc2)=[N+](c2c(C(C)C)cccc2C(C)C)[Si-]12(N(C)C)O[Si-]1(N(C)C)(O2)N(c2c(C(C)C)cccc2C(C)C)C(c2ccccc2)=[N+]1c1c(C(C)C)cccc1C(C)C. The van der Waals surface area contributed by atoms with Gasteiger partial charge in [-0.1, -0.05) is 0 Å². The van der Waals surface area contributed by atoms with Gasteiger partial charge in [0.1, 0.15) is 0 Å². The van der Waals surface area contributed by atoms with Crippen LogP contribution in [0.3, 0.4) is 0 Å². The van der Waals surface area contributed by atoms with E-state index in [2.05, 4.69) is 299 Å². The average Bonchev–Trinajstić information content (AvgIpc) is 3.35. The van der Waals surface area contributed by atoms with Gasteiger partial charge in [-0.15, -0.1) is 0 Å².